The highest BCUT2D eigenvalue weighted by molar-refractivity contribution is 5.77. The first kappa shape index (κ1) is 20.6. The minimum atomic E-state index is -0.151. The molecule has 0 bridgehead atoms. The Kier molecular flexibility index (Phi) is 6.26. The molecule has 31 heavy (non-hydrogen) atoms. The fourth-order valence-electron chi connectivity index (χ4n) is 3.81. The Morgan fingerprint density at radius 2 is 2.03 bits per heavy atom. The number of hydrogen-bond donors (Lipinski definition) is 1. The molecule has 0 saturated carbocycles. The maximum atomic E-state index is 12.9. The standard InChI is InChI=1S/C25H26N4O2/c1-18-7-6-14-29-23(17-28-25(18)29)22(19-8-5-10-21(15-19)31-2)16-24(30)27-13-11-20-9-3-4-12-26-20/h3-10,12,14-15,17,22H,11,13,16H2,1-2H3,(H,27,30). The van der Waals surface area contributed by atoms with E-state index in [0.29, 0.717) is 19.4 Å². The minimum Gasteiger partial charge on any atom is -0.497 e. The van der Waals surface area contributed by atoms with Crippen LogP contribution in [0.15, 0.2) is 73.2 Å². The van der Waals surface area contributed by atoms with Gasteiger partial charge in [0.2, 0.25) is 5.91 Å². The summed E-state index contributed by atoms with van der Waals surface area (Å²) < 4.78 is 7.49. The van der Waals surface area contributed by atoms with Gasteiger partial charge in [0.25, 0.3) is 0 Å². The van der Waals surface area contributed by atoms with Crippen LogP contribution >= 0.6 is 0 Å². The van der Waals surface area contributed by atoms with Crippen molar-refractivity contribution in [3.8, 4) is 5.75 Å². The van der Waals surface area contributed by atoms with Crippen molar-refractivity contribution in [2.75, 3.05) is 13.7 Å². The second-order valence-electron chi connectivity index (χ2n) is 7.52. The lowest BCUT2D eigenvalue weighted by Gasteiger charge is -2.18. The molecule has 1 atom stereocenters. The number of rotatable bonds is 8. The van der Waals surface area contributed by atoms with E-state index in [-0.39, 0.29) is 11.8 Å². The van der Waals surface area contributed by atoms with Crippen LogP contribution in [0.5, 0.6) is 5.75 Å². The first-order valence-electron chi connectivity index (χ1n) is 10.4. The van der Waals surface area contributed by atoms with Crippen molar-refractivity contribution in [3.05, 3.63) is 95.7 Å². The van der Waals surface area contributed by atoms with Gasteiger partial charge in [0.05, 0.1) is 12.8 Å². The van der Waals surface area contributed by atoms with Crippen molar-refractivity contribution in [3.63, 3.8) is 0 Å². The van der Waals surface area contributed by atoms with Gasteiger partial charge in [-0.15, -0.1) is 0 Å². The van der Waals surface area contributed by atoms with Crippen LogP contribution in [0.4, 0.5) is 0 Å². The Morgan fingerprint density at radius 3 is 2.84 bits per heavy atom. The SMILES string of the molecule is COc1cccc(C(CC(=O)NCCc2ccccn2)c2cnc3c(C)cccn23)c1. The summed E-state index contributed by atoms with van der Waals surface area (Å²) in [5.41, 5.74) is 4.96. The number of hydrogen-bond acceptors (Lipinski definition) is 4. The second-order valence-corrected chi connectivity index (χ2v) is 7.52. The third-order valence-electron chi connectivity index (χ3n) is 5.43. The number of carbonyl (C=O) groups is 1. The molecule has 3 heterocycles. The zero-order valence-corrected chi connectivity index (χ0v) is 17.8. The average Bonchev–Trinajstić information content (AvgIpc) is 3.23. The molecule has 6 nitrogen and oxygen atoms in total. The largest absolute Gasteiger partial charge is 0.497 e. The Bertz CT molecular complexity index is 1170. The van der Waals surface area contributed by atoms with Crippen LogP contribution < -0.4 is 10.1 Å². The van der Waals surface area contributed by atoms with E-state index < -0.39 is 0 Å². The number of benzene rings is 1. The van der Waals surface area contributed by atoms with E-state index in [4.69, 9.17) is 4.74 Å². The van der Waals surface area contributed by atoms with Crippen LogP contribution in [-0.4, -0.2) is 33.9 Å². The van der Waals surface area contributed by atoms with Gasteiger partial charge in [-0.25, -0.2) is 4.98 Å². The second kappa shape index (κ2) is 9.43. The molecule has 0 aliphatic heterocycles. The number of fused-ring (bicyclic) bond motifs is 1. The Morgan fingerprint density at radius 1 is 1.13 bits per heavy atom. The van der Waals surface area contributed by atoms with Gasteiger partial charge in [-0.2, -0.15) is 0 Å². The fourth-order valence-corrected chi connectivity index (χ4v) is 3.81. The van der Waals surface area contributed by atoms with Gasteiger partial charge in [-0.05, 0) is 48.4 Å². The molecular formula is C25H26N4O2. The molecular weight excluding hydrogens is 388 g/mol. The summed E-state index contributed by atoms with van der Waals surface area (Å²) in [5.74, 6) is 0.608. The van der Waals surface area contributed by atoms with Crippen molar-refractivity contribution in [2.24, 2.45) is 0 Å². The number of amides is 1. The fraction of sp³-hybridized carbons (Fsp3) is 0.240. The number of aromatic nitrogens is 3. The van der Waals surface area contributed by atoms with Gasteiger partial charge in [-0.1, -0.05) is 24.3 Å². The summed E-state index contributed by atoms with van der Waals surface area (Å²) in [5, 5.41) is 3.04. The van der Waals surface area contributed by atoms with Crippen LogP contribution in [-0.2, 0) is 11.2 Å². The quantitative estimate of drug-likeness (QED) is 0.474. The molecule has 4 rings (SSSR count). The molecule has 0 fully saturated rings. The lowest BCUT2D eigenvalue weighted by Crippen LogP contribution is -2.27. The summed E-state index contributed by atoms with van der Waals surface area (Å²) in [7, 11) is 1.65. The van der Waals surface area contributed by atoms with Gasteiger partial charge >= 0.3 is 0 Å². The van der Waals surface area contributed by atoms with Crippen LogP contribution in [0, 0.1) is 6.92 Å². The predicted molar refractivity (Wildman–Crippen MR) is 120 cm³/mol. The van der Waals surface area contributed by atoms with E-state index >= 15 is 0 Å². The molecule has 0 aliphatic rings. The molecule has 0 aliphatic carbocycles. The first-order chi connectivity index (χ1) is 15.2. The number of nitrogens with one attached hydrogen (secondary N) is 1. The van der Waals surface area contributed by atoms with E-state index in [9.17, 15) is 4.79 Å². The first-order valence-corrected chi connectivity index (χ1v) is 10.4. The molecule has 3 aromatic heterocycles. The zero-order chi connectivity index (χ0) is 21.6. The number of nitrogens with zero attached hydrogens (tertiary/aromatic N) is 3. The highest BCUT2D eigenvalue weighted by Crippen LogP contribution is 2.31. The summed E-state index contributed by atoms with van der Waals surface area (Å²) in [6.07, 6.45) is 6.65. The Hall–Kier alpha value is -3.67. The molecule has 6 heteroatoms. The molecule has 1 aromatic carbocycles. The molecule has 4 aromatic rings. The number of imidazole rings is 1. The number of pyridine rings is 2. The zero-order valence-electron chi connectivity index (χ0n) is 17.8. The van der Waals surface area contributed by atoms with Gasteiger partial charge in [0.15, 0.2) is 0 Å². The highest BCUT2D eigenvalue weighted by atomic mass is 16.5. The number of ether oxygens (including phenoxy) is 1. The molecule has 158 valence electrons. The number of carbonyl (C=O) groups excluding carboxylic acids is 1. The monoisotopic (exact) mass is 414 g/mol. The van der Waals surface area contributed by atoms with E-state index in [2.05, 4.69) is 19.7 Å². The number of methoxy groups -OCH3 is 1. The van der Waals surface area contributed by atoms with Crippen LogP contribution in [0.3, 0.4) is 0 Å². The lowest BCUT2D eigenvalue weighted by atomic mass is 9.92. The lowest BCUT2D eigenvalue weighted by molar-refractivity contribution is -0.121. The average molecular weight is 415 g/mol. The van der Waals surface area contributed by atoms with E-state index in [1.165, 1.54) is 0 Å². The highest BCUT2D eigenvalue weighted by Gasteiger charge is 2.22. The molecule has 0 radical (unpaired) electrons. The minimum absolute atomic E-state index is 0.00801. The van der Waals surface area contributed by atoms with Crippen LogP contribution in [0.2, 0.25) is 0 Å². The summed E-state index contributed by atoms with van der Waals surface area (Å²) in [6, 6.07) is 17.7. The third-order valence-corrected chi connectivity index (χ3v) is 5.43. The Balaban J connectivity index is 1.58. The van der Waals surface area contributed by atoms with Crippen LogP contribution in [0.1, 0.15) is 34.9 Å². The van der Waals surface area contributed by atoms with Crippen molar-refractivity contribution in [1.82, 2.24) is 19.7 Å². The van der Waals surface area contributed by atoms with Gasteiger partial charge in [0, 0.05) is 49.6 Å². The van der Waals surface area contributed by atoms with Crippen molar-refractivity contribution in [2.45, 2.75) is 25.7 Å². The summed E-state index contributed by atoms with van der Waals surface area (Å²) >= 11 is 0. The molecule has 0 saturated heterocycles. The Labute approximate surface area is 181 Å². The van der Waals surface area contributed by atoms with Crippen molar-refractivity contribution < 1.29 is 9.53 Å². The van der Waals surface area contributed by atoms with Crippen molar-refractivity contribution in [1.29, 1.82) is 0 Å². The smallest absolute Gasteiger partial charge is 0.221 e. The maximum absolute atomic E-state index is 12.9. The molecule has 0 spiro atoms. The summed E-state index contributed by atoms with van der Waals surface area (Å²) in [6.45, 7) is 2.59. The predicted octanol–water partition coefficient (Wildman–Crippen LogP) is 3.93. The number of aryl methyl sites for hydroxylation is 1. The topological polar surface area (TPSA) is 68.5 Å². The third kappa shape index (κ3) is 4.74. The molecule has 1 amide bonds. The molecule has 1 unspecified atom stereocenters. The molecule has 1 N–H and O–H groups in total. The normalized spacial score (nSPS) is 11.9. The van der Waals surface area contributed by atoms with Crippen molar-refractivity contribution >= 4 is 11.6 Å². The van der Waals surface area contributed by atoms with Crippen LogP contribution in [0.25, 0.3) is 5.65 Å². The van der Waals surface area contributed by atoms with E-state index in [1.807, 2.05) is 73.9 Å². The van der Waals surface area contributed by atoms with E-state index in [0.717, 1.165) is 33.9 Å². The maximum Gasteiger partial charge on any atom is 0.221 e. The van der Waals surface area contributed by atoms with E-state index in [1.54, 1.807) is 13.3 Å². The summed E-state index contributed by atoms with van der Waals surface area (Å²) in [4.78, 5) is 21.8. The van der Waals surface area contributed by atoms with Gasteiger partial charge in [0.1, 0.15) is 11.4 Å². The van der Waals surface area contributed by atoms with Gasteiger partial charge < -0.3 is 14.5 Å². The van der Waals surface area contributed by atoms with Gasteiger partial charge in [-0.3, -0.25) is 9.78 Å².